The van der Waals surface area contributed by atoms with Gasteiger partial charge in [0.15, 0.2) is 0 Å². The van der Waals surface area contributed by atoms with E-state index in [0.29, 0.717) is 0 Å². The zero-order valence-electron chi connectivity index (χ0n) is 21.9. The second-order valence-corrected chi connectivity index (χ2v) is 10.6. The highest BCUT2D eigenvalue weighted by Gasteiger charge is 2.30. The third-order valence-electron chi connectivity index (χ3n) is 6.15. The fraction of sp³-hybridized carbons (Fsp3) is 0.964. The number of carbonyl (C=O) groups is 1. The van der Waals surface area contributed by atoms with Crippen LogP contribution in [0.2, 0.25) is 0 Å². The maximum Gasteiger partial charge on any atom is 0.312 e. The summed E-state index contributed by atoms with van der Waals surface area (Å²) in [6.45, 7) is 10.2. The number of carbonyl (C=O) groups excluding carboxylic acids is 1. The molecule has 0 aromatic heterocycles. The highest BCUT2D eigenvalue weighted by molar-refractivity contribution is 5.73. The quantitative estimate of drug-likeness (QED) is 0.143. The van der Waals surface area contributed by atoms with Crippen LogP contribution >= 0.6 is 0 Å². The summed E-state index contributed by atoms with van der Waals surface area (Å²) in [4.78, 5) is 12.7. The fourth-order valence-corrected chi connectivity index (χ4v) is 4.21. The molecule has 0 saturated carbocycles. The summed E-state index contributed by atoms with van der Waals surface area (Å²) in [5.74, 6) is -0.577. The van der Waals surface area contributed by atoms with E-state index in [2.05, 4.69) is 13.8 Å². The van der Waals surface area contributed by atoms with Crippen LogP contribution in [0, 0.1) is 5.92 Å². The average molecular weight is 441 g/mol. The summed E-state index contributed by atoms with van der Waals surface area (Å²) in [6.07, 6.45) is 22.3. The van der Waals surface area contributed by atoms with Crippen molar-refractivity contribution in [3.63, 3.8) is 0 Å². The van der Waals surface area contributed by atoms with Gasteiger partial charge in [0.1, 0.15) is 5.60 Å². The van der Waals surface area contributed by atoms with Gasteiger partial charge in [0.25, 0.3) is 0 Å². The summed E-state index contributed by atoms with van der Waals surface area (Å²) >= 11 is 0. The van der Waals surface area contributed by atoms with E-state index in [4.69, 9.17) is 4.74 Å². The zero-order valence-corrected chi connectivity index (χ0v) is 21.9. The SMILES string of the molecule is CCCCCCCCCCC[C@H](O)[C@H](CCCCCCCCCC)C(=O)OC(C)(C)C. The molecule has 31 heavy (non-hydrogen) atoms. The number of ether oxygens (including phenoxy) is 1. The Labute approximate surface area is 195 Å². The van der Waals surface area contributed by atoms with Crippen molar-refractivity contribution in [1.82, 2.24) is 0 Å². The standard InChI is InChI=1S/C28H56O3/c1-6-8-10-12-14-16-18-20-22-24-26(29)25(27(30)31-28(3,4)5)23-21-19-17-15-13-11-9-7-2/h25-26,29H,6-24H2,1-5H3/t25-,26-/m0/s1. The molecule has 2 atom stereocenters. The lowest BCUT2D eigenvalue weighted by Gasteiger charge is -2.27. The first-order valence-corrected chi connectivity index (χ1v) is 13.7. The van der Waals surface area contributed by atoms with E-state index in [1.807, 2.05) is 20.8 Å². The number of aliphatic hydroxyl groups excluding tert-OH is 1. The van der Waals surface area contributed by atoms with E-state index < -0.39 is 11.7 Å². The normalized spacial score (nSPS) is 13.9. The first-order valence-electron chi connectivity index (χ1n) is 13.7. The van der Waals surface area contributed by atoms with Gasteiger partial charge in [-0.05, 0) is 33.6 Å². The number of esters is 1. The molecule has 0 fully saturated rings. The monoisotopic (exact) mass is 440 g/mol. The molecule has 0 aliphatic heterocycles. The first-order chi connectivity index (χ1) is 14.8. The van der Waals surface area contributed by atoms with E-state index in [1.54, 1.807) is 0 Å². The zero-order chi connectivity index (χ0) is 23.4. The predicted octanol–water partition coefficient (Wildman–Crippen LogP) is 8.76. The molecule has 0 aromatic rings. The Balaban J connectivity index is 4.20. The third-order valence-corrected chi connectivity index (χ3v) is 6.15. The molecule has 186 valence electrons. The van der Waals surface area contributed by atoms with Crippen LogP contribution in [-0.4, -0.2) is 22.8 Å². The minimum Gasteiger partial charge on any atom is -0.460 e. The fourth-order valence-electron chi connectivity index (χ4n) is 4.21. The predicted molar refractivity (Wildman–Crippen MR) is 134 cm³/mol. The summed E-state index contributed by atoms with van der Waals surface area (Å²) in [5, 5.41) is 10.8. The van der Waals surface area contributed by atoms with Gasteiger partial charge in [-0.25, -0.2) is 0 Å². The minimum absolute atomic E-state index is 0.209. The lowest BCUT2D eigenvalue weighted by atomic mass is 9.91. The summed E-state index contributed by atoms with van der Waals surface area (Å²) in [5.41, 5.74) is -0.494. The molecule has 0 aliphatic rings. The molecule has 0 heterocycles. The Morgan fingerprint density at radius 2 is 1.00 bits per heavy atom. The summed E-state index contributed by atoms with van der Waals surface area (Å²) in [6, 6.07) is 0. The van der Waals surface area contributed by atoms with Crippen LogP contribution in [0.5, 0.6) is 0 Å². The maximum absolute atomic E-state index is 12.7. The molecular formula is C28H56O3. The smallest absolute Gasteiger partial charge is 0.312 e. The lowest BCUT2D eigenvalue weighted by Crippen LogP contribution is -2.35. The Bertz CT molecular complexity index is 400. The highest BCUT2D eigenvalue weighted by Crippen LogP contribution is 2.24. The van der Waals surface area contributed by atoms with E-state index in [-0.39, 0.29) is 11.9 Å². The molecule has 0 amide bonds. The van der Waals surface area contributed by atoms with Gasteiger partial charge in [0.2, 0.25) is 0 Å². The van der Waals surface area contributed by atoms with Gasteiger partial charge in [-0.2, -0.15) is 0 Å². The van der Waals surface area contributed by atoms with Gasteiger partial charge in [0, 0.05) is 0 Å². The van der Waals surface area contributed by atoms with Crippen LogP contribution in [0.15, 0.2) is 0 Å². The van der Waals surface area contributed by atoms with Crippen molar-refractivity contribution in [2.75, 3.05) is 0 Å². The van der Waals surface area contributed by atoms with Gasteiger partial charge in [-0.15, -0.1) is 0 Å². The topological polar surface area (TPSA) is 46.5 Å². The van der Waals surface area contributed by atoms with Crippen molar-refractivity contribution in [3.05, 3.63) is 0 Å². The Morgan fingerprint density at radius 1 is 0.645 bits per heavy atom. The Kier molecular flexibility index (Phi) is 19.7. The van der Waals surface area contributed by atoms with Crippen LogP contribution in [0.4, 0.5) is 0 Å². The largest absolute Gasteiger partial charge is 0.460 e. The van der Waals surface area contributed by atoms with E-state index >= 15 is 0 Å². The average Bonchev–Trinajstić information content (AvgIpc) is 2.70. The maximum atomic E-state index is 12.7. The van der Waals surface area contributed by atoms with Gasteiger partial charge in [-0.1, -0.05) is 123 Å². The van der Waals surface area contributed by atoms with Crippen LogP contribution in [0.25, 0.3) is 0 Å². The molecule has 0 aromatic carbocycles. The second-order valence-electron chi connectivity index (χ2n) is 10.6. The molecule has 3 heteroatoms. The number of rotatable bonds is 21. The van der Waals surface area contributed by atoms with Gasteiger partial charge < -0.3 is 9.84 Å². The van der Waals surface area contributed by atoms with Crippen LogP contribution < -0.4 is 0 Å². The molecule has 3 nitrogen and oxygen atoms in total. The van der Waals surface area contributed by atoms with Gasteiger partial charge >= 0.3 is 5.97 Å². The lowest BCUT2D eigenvalue weighted by molar-refractivity contribution is -0.164. The van der Waals surface area contributed by atoms with E-state index in [0.717, 1.165) is 38.5 Å². The first kappa shape index (κ1) is 30.4. The minimum atomic E-state index is -0.566. The van der Waals surface area contributed by atoms with Crippen molar-refractivity contribution in [1.29, 1.82) is 0 Å². The molecule has 0 radical (unpaired) electrons. The van der Waals surface area contributed by atoms with Crippen LogP contribution in [0.3, 0.4) is 0 Å². The van der Waals surface area contributed by atoms with Crippen molar-refractivity contribution < 1.29 is 14.6 Å². The second kappa shape index (κ2) is 20.1. The molecule has 1 N–H and O–H groups in total. The summed E-state index contributed by atoms with van der Waals surface area (Å²) < 4.78 is 5.64. The van der Waals surface area contributed by atoms with Crippen molar-refractivity contribution in [2.45, 2.75) is 168 Å². The van der Waals surface area contributed by atoms with Crippen molar-refractivity contribution in [2.24, 2.45) is 5.92 Å². The van der Waals surface area contributed by atoms with E-state index in [1.165, 1.54) is 83.5 Å². The number of hydrogen-bond donors (Lipinski definition) is 1. The highest BCUT2D eigenvalue weighted by atomic mass is 16.6. The molecule has 0 spiro atoms. The molecule has 0 unspecified atom stereocenters. The van der Waals surface area contributed by atoms with Gasteiger partial charge in [-0.3, -0.25) is 4.79 Å². The van der Waals surface area contributed by atoms with Gasteiger partial charge in [0.05, 0.1) is 12.0 Å². The molecule has 0 bridgehead atoms. The Morgan fingerprint density at radius 3 is 1.39 bits per heavy atom. The molecular weight excluding hydrogens is 384 g/mol. The van der Waals surface area contributed by atoms with E-state index in [9.17, 15) is 9.90 Å². The van der Waals surface area contributed by atoms with Crippen LogP contribution in [0.1, 0.15) is 157 Å². The van der Waals surface area contributed by atoms with Crippen LogP contribution in [-0.2, 0) is 9.53 Å². The number of unbranched alkanes of at least 4 members (excludes halogenated alkanes) is 15. The molecule has 0 aliphatic carbocycles. The number of aliphatic hydroxyl groups is 1. The molecule has 0 saturated heterocycles. The Hall–Kier alpha value is -0.570. The number of hydrogen-bond acceptors (Lipinski definition) is 3. The van der Waals surface area contributed by atoms with Crippen molar-refractivity contribution in [3.8, 4) is 0 Å². The van der Waals surface area contributed by atoms with Crippen molar-refractivity contribution >= 4 is 5.97 Å². The third kappa shape index (κ3) is 19.8. The summed E-state index contributed by atoms with van der Waals surface area (Å²) in [7, 11) is 0. The molecule has 0 rings (SSSR count).